The number of urea groups is 1. The van der Waals surface area contributed by atoms with E-state index < -0.39 is 6.03 Å². The van der Waals surface area contributed by atoms with Crippen LogP contribution in [-0.4, -0.2) is 48.4 Å². The summed E-state index contributed by atoms with van der Waals surface area (Å²) in [6.07, 6.45) is 4.16. The van der Waals surface area contributed by atoms with Crippen LogP contribution in [0, 0.1) is 11.8 Å². The third kappa shape index (κ3) is 6.06. The minimum atomic E-state index is -0.391. The van der Waals surface area contributed by atoms with Gasteiger partial charge in [0.05, 0.1) is 18.9 Å². The number of amides is 4. The highest BCUT2D eigenvalue weighted by atomic mass is 16.5. The van der Waals surface area contributed by atoms with Gasteiger partial charge in [-0.3, -0.25) is 19.3 Å². The van der Waals surface area contributed by atoms with E-state index in [0.29, 0.717) is 51.6 Å². The van der Waals surface area contributed by atoms with Gasteiger partial charge in [-0.1, -0.05) is 36.8 Å². The van der Waals surface area contributed by atoms with Crippen LogP contribution in [0.2, 0.25) is 0 Å². The van der Waals surface area contributed by atoms with Gasteiger partial charge < -0.3 is 15.4 Å². The summed E-state index contributed by atoms with van der Waals surface area (Å²) >= 11 is 0. The van der Waals surface area contributed by atoms with Crippen molar-refractivity contribution >= 4 is 23.8 Å². The molecule has 0 bridgehead atoms. The Morgan fingerprint density at radius 3 is 2.65 bits per heavy atom. The molecule has 2 fully saturated rings. The quantitative estimate of drug-likeness (QED) is 0.463. The van der Waals surface area contributed by atoms with Crippen molar-refractivity contribution in [2.45, 2.75) is 57.5 Å². The number of carbonyl (C=O) groups excluding carboxylic acids is 4. The van der Waals surface area contributed by atoms with Gasteiger partial charge in [0.2, 0.25) is 11.8 Å². The fourth-order valence-corrected chi connectivity index (χ4v) is 4.37. The second-order valence-electron chi connectivity index (χ2n) is 8.26. The molecule has 168 valence electrons. The van der Waals surface area contributed by atoms with Gasteiger partial charge in [0.15, 0.2) is 0 Å². The summed E-state index contributed by atoms with van der Waals surface area (Å²) in [5, 5.41) is 5.79. The second kappa shape index (κ2) is 10.9. The molecular weight excluding hydrogens is 398 g/mol. The molecular formula is C23H31N3O5. The smallest absolute Gasteiger partial charge is 0.324 e. The first-order valence-electron chi connectivity index (χ1n) is 11.0. The van der Waals surface area contributed by atoms with E-state index in [-0.39, 0.29) is 35.7 Å². The molecule has 1 heterocycles. The fraction of sp³-hybridized carbons (Fsp3) is 0.565. The van der Waals surface area contributed by atoms with Crippen molar-refractivity contribution in [2.75, 3.05) is 13.7 Å². The Bertz CT molecular complexity index is 798. The number of esters is 1. The topological polar surface area (TPSA) is 105 Å². The van der Waals surface area contributed by atoms with Gasteiger partial charge in [-0.15, -0.1) is 0 Å². The molecule has 1 aromatic carbocycles. The molecule has 0 aromatic heterocycles. The van der Waals surface area contributed by atoms with Crippen LogP contribution in [0.4, 0.5) is 4.79 Å². The average molecular weight is 430 g/mol. The Morgan fingerprint density at radius 1 is 1.13 bits per heavy atom. The van der Waals surface area contributed by atoms with Crippen LogP contribution in [0.15, 0.2) is 30.3 Å². The number of unbranched alkanes of at least 4 members (excludes halogenated alkanes) is 2. The van der Waals surface area contributed by atoms with Crippen molar-refractivity contribution in [3.05, 3.63) is 35.9 Å². The number of imide groups is 1. The molecule has 2 N–H and O–H groups in total. The number of ether oxygens (including phenoxy) is 1. The SMILES string of the molecule is COC(=O)C1CCC2C(=O)N(CCCCCC(=O)NCc3ccccc3)C(=O)NC2C1. The first-order chi connectivity index (χ1) is 15.0. The molecule has 1 saturated heterocycles. The molecule has 2 aliphatic rings. The molecule has 1 aliphatic heterocycles. The third-order valence-electron chi connectivity index (χ3n) is 6.14. The number of methoxy groups -OCH3 is 1. The molecule has 0 spiro atoms. The number of rotatable bonds is 9. The highest BCUT2D eigenvalue weighted by molar-refractivity contribution is 5.98. The molecule has 3 unspecified atom stereocenters. The summed E-state index contributed by atoms with van der Waals surface area (Å²) in [6, 6.07) is 9.05. The van der Waals surface area contributed by atoms with E-state index in [2.05, 4.69) is 10.6 Å². The van der Waals surface area contributed by atoms with E-state index in [9.17, 15) is 19.2 Å². The molecule has 3 rings (SSSR count). The summed E-state index contributed by atoms with van der Waals surface area (Å²) in [4.78, 5) is 50.2. The van der Waals surface area contributed by atoms with Crippen LogP contribution in [-0.2, 0) is 25.7 Å². The van der Waals surface area contributed by atoms with Crippen molar-refractivity contribution in [1.82, 2.24) is 15.5 Å². The lowest BCUT2D eigenvalue weighted by Gasteiger charge is -2.41. The minimum absolute atomic E-state index is 0.000789. The van der Waals surface area contributed by atoms with Crippen molar-refractivity contribution in [1.29, 1.82) is 0 Å². The summed E-state index contributed by atoms with van der Waals surface area (Å²) in [5.41, 5.74) is 1.06. The van der Waals surface area contributed by atoms with Crippen LogP contribution >= 0.6 is 0 Å². The first-order valence-corrected chi connectivity index (χ1v) is 11.0. The Hall–Kier alpha value is -2.90. The zero-order valence-electron chi connectivity index (χ0n) is 18.0. The lowest BCUT2D eigenvalue weighted by Crippen LogP contribution is -2.61. The highest BCUT2D eigenvalue weighted by Gasteiger charge is 2.45. The van der Waals surface area contributed by atoms with Crippen molar-refractivity contribution in [3.63, 3.8) is 0 Å². The maximum atomic E-state index is 12.8. The molecule has 1 aliphatic carbocycles. The van der Waals surface area contributed by atoms with Gasteiger partial charge in [-0.05, 0) is 37.7 Å². The van der Waals surface area contributed by atoms with Crippen molar-refractivity contribution in [3.8, 4) is 0 Å². The molecule has 4 amide bonds. The number of nitrogens with zero attached hydrogens (tertiary/aromatic N) is 1. The van der Waals surface area contributed by atoms with Crippen LogP contribution in [0.25, 0.3) is 0 Å². The number of hydrogen-bond donors (Lipinski definition) is 2. The van der Waals surface area contributed by atoms with E-state index in [4.69, 9.17) is 4.74 Å². The zero-order chi connectivity index (χ0) is 22.2. The lowest BCUT2D eigenvalue weighted by molar-refractivity contribution is -0.149. The van der Waals surface area contributed by atoms with E-state index in [1.54, 1.807) is 0 Å². The third-order valence-corrected chi connectivity index (χ3v) is 6.14. The van der Waals surface area contributed by atoms with Crippen molar-refractivity contribution in [2.24, 2.45) is 11.8 Å². The van der Waals surface area contributed by atoms with E-state index in [1.807, 2.05) is 30.3 Å². The van der Waals surface area contributed by atoms with Crippen LogP contribution in [0.5, 0.6) is 0 Å². The predicted molar refractivity (Wildman–Crippen MR) is 114 cm³/mol. The van der Waals surface area contributed by atoms with Crippen LogP contribution < -0.4 is 10.6 Å². The Labute approximate surface area is 182 Å². The molecule has 3 atom stereocenters. The van der Waals surface area contributed by atoms with Gasteiger partial charge >= 0.3 is 12.0 Å². The number of carbonyl (C=O) groups is 4. The zero-order valence-corrected chi connectivity index (χ0v) is 18.0. The summed E-state index contributed by atoms with van der Waals surface area (Å²) in [7, 11) is 1.35. The van der Waals surface area contributed by atoms with Gasteiger partial charge in [0, 0.05) is 25.6 Å². The molecule has 8 nitrogen and oxygen atoms in total. The predicted octanol–water partition coefficient (Wildman–Crippen LogP) is 2.37. The standard InChI is InChI=1S/C23H31N3O5/c1-31-22(29)17-11-12-18-19(14-17)25-23(30)26(21(18)28)13-7-3-6-10-20(27)24-15-16-8-4-2-5-9-16/h2,4-5,8-9,17-19H,3,6-7,10-15H2,1H3,(H,24,27)(H,25,30). The monoisotopic (exact) mass is 429 g/mol. The fourth-order valence-electron chi connectivity index (χ4n) is 4.37. The number of fused-ring (bicyclic) bond motifs is 1. The first kappa shape index (κ1) is 22.8. The molecule has 1 saturated carbocycles. The molecule has 0 radical (unpaired) electrons. The Balaban J connectivity index is 1.35. The van der Waals surface area contributed by atoms with Gasteiger partial charge in [-0.2, -0.15) is 0 Å². The minimum Gasteiger partial charge on any atom is -0.469 e. The molecule has 1 aromatic rings. The van der Waals surface area contributed by atoms with Gasteiger partial charge in [0.25, 0.3) is 0 Å². The number of hydrogen-bond acceptors (Lipinski definition) is 5. The summed E-state index contributed by atoms with van der Waals surface area (Å²) < 4.78 is 4.80. The Morgan fingerprint density at radius 2 is 1.90 bits per heavy atom. The highest BCUT2D eigenvalue weighted by Crippen LogP contribution is 2.33. The second-order valence-corrected chi connectivity index (χ2v) is 8.26. The van der Waals surface area contributed by atoms with E-state index >= 15 is 0 Å². The summed E-state index contributed by atoms with van der Waals surface area (Å²) in [6.45, 7) is 0.863. The Kier molecular flexibility index (Phi) is 8.03. The van der Waals surface area contributed by atoms with E-state index in [1.165, 1.54) is 12.0 Å². The lowest BCUT2D eigenvalue weighted by atomic mass is 9.76. The number of nitrogens with one attached hydrogen (secondary N) is 2. The van der Waals surface area contributed by atoms with Crippen molar-refractivity contribution < 1.29 is 23.9 Å². The number of benzene rings is 1. The average Bonchev–Trinajstić information content (AvgIpc) is 2.79. The van der Waals surface area contributed by atoms with Crippen LogP contribution in [0.3, 0.4) is 0 Å². The van der Waals surface area contributed by atoms with Crippen LogP contribution in [0.1, 0.15) is 50.5 Å². The van der Waals surface area contributed by atoms with E-state index in [0.717, 1.165) is 12.0 Å². The maximum Gasteiger partial charge on any atom is 0.324 e. The largest absolute Gasteiger partial charge is 0.469 e. The normalized spacial score (nSPS) is 23.0. The maximum absolute atomic E-state index is 12.8. The summed E-state index contributed by atoms with van der Waals surface area (Å²) in [5.74, 6) is -0.977. The van der Waals surface area contributed by atoms with Gasteiger partial charge in [-0.25, -0.2) is 4.79 Å². The molecule has 8 heteroatoms. The molecule has 31 heavy (non-hydrogen) atoms. The van der Waals surface area contributed by atoms with Gasteiger partial charge in [0.1, 0.15) is 0 Å².